The number of nitrogens with one attached hydrogen (secondary N) is 1. The first kappa shape index (κ1) is 41.2. The molecule has 8 aromatic rings. The van der Waals surface area contributed by atoms with Crippen molar-refractivity contribution in [1.82, 2.24) is 29.3 Å². The van der Waals surface area contributed by atoms with Crippen molar-refractivity contribution in [3.05, 3.63) is 178 Å². The van der Waals surface area contributed by atoms with Gasteiger partial charge in [0.1, 0.15) is 17.2 Å². The summed E-state index contributed by atoms with van der Waals surface area (Å²) < 4.78 is 47.0. The Morgan fingerprint density at radius 1 is 0.656 bits per heavy atom. The van der Waals surface area contributed by atoms with Gasteiger partial charge in [0.05, 0.1) is 36.3 Å². The van der Waals surface area contributed by atoms with Gasteiger partial charge in [0, 0.05) is 78.5 Å². The summed E-state index contributed by atoms with van der Waals surface area (Å²) in [6.07, 6.45) is 1.48. The van der Waals surface area contributed by atoms with Crippen LogP contribution in [0.15, 0.2) is 121 Å². The number of nitrogens with zero attached hydrogens (tertiary/aromatic N) is 5. The normalized spacial score (nSPS) is 13.6. The minimum atomic E-state index is -1.32. The molecular weight excluding hydrogens is 794 g/mol. The number of fused-ring (bicyclic) bond motifs is 2. The topological polar surface area (TPSA) is 86.4 Å². The van der Waals surface area contributed by atoms with Gasteiger partial charge in [-0.25, -0.2) is 18.7 Å². The lowest BCUT2D eigenvalue weighted by atomic mass is 9.76. The summed E-state index contributed by atoms with van der Waals surface area (Å²) in [5, 5.41) is 3.69. The summed E-state index contributed by atoms with van der Waals surface area (Å²) in [6.45, 7) is 4.71. The SMILES string of the molecule is COc1ccc2c(n1)c(C1(c3c(Cc4cccc(F)c4C)n(-c4ccccc4)c4ccc(OC)nc34)CNCCN1C=O)c(Cc1cccc(F)c1C)n2-c1ccccc1.Cl. The number of rotatable bonds is 11. The lowest BCUT2D eigenvalue weighted by molar-refractivity contribution is -0.124. The smallest absolute Gasteiger partial charge is 0.213 e. The van der Waals surface area contributed by atoms with Crippen molar-refractivity contribution in [2.75, 3.05) is 33.9 Å². The Morgan fingerprint density at radius 3 is 1.54 bits per heavy atom. The number of hydrogen-bond acceptors (Lipinski definition) is 6. The molecule has 1 aliphatic heterocycles. The van der Waals surface area contributed by atoms with Gasteiger partial charge in [-0.2, -0.15) is 0 Å². The quantitative estimate of drug-likeness (QED) is 0.131. The third kappa shape index (κ3) is 6.87. The molecule has 1 N–H and O–H groups in total. The minimum Gasteiger partial charge on any atom is -0.481 e. The number of hydrogen-bond donors (Lipinski definition) is 1. The third-order valence-electron chi connectivity index (χ3n) is 12.0. The van der Waals surface area contributed by atoms with Crippen LogP contribution >= 0.6 is 12.4 Å². The van der Waals surface area contributed by atoms with Crippen LogP contribution in [0.5, 0.6) is 11.8 Å². The number of carbonyl (C=O) groups is 1. The third-order valence-corrected chi connectivity index (χ3v) is 12.0. The molecule has 61 heavy (non-hydrogen) atoms. The van der Waals surface area contributed by atoms with Crippen LogP contribution in [0.2, 0.25) is 0 Å². The molecule has 310 valence electrons. The van der Waals surface area contributed by atoms with Crippen LogP contribution in [0.1, 0.15) is 44.8 Å². The molecule has 0 atom stereocenters. The number of methoxy groups -OCH3 is 2. The maximum atomic E-state index is 15.5. The Bertz CT molecular complexity index is 2720. The predicted molar refractivity (Wildman–Crippen MR) is 237 cm³/mol. The van der Waals surface area contributed by atoms with E-state index < -0.39 is 5.54 Å². The second kappa shape index (κ2) is 16.8. The maximum absolute atomic E-state index is 15.5. The number of halogens is 3. The Morgan fingerprint density at radius 2 is 1.11 bits per heavy atom. The molecule has 4 aromatic carbocycles. The molecular formula is C49H45ClF2N6O3. The van der Waals surface area contributed by atoms with Crippen LogP contribution in [-0.4, -0.2) is 64.3 Å². The highest BCUT2D eigenvalue weighted by atomic mass is 35.5. The van der Waals surface area contributed by atoms with E-state index in [1.807, 2.05) is 102 Å². The summed E-state index contributed by atoms with van der Waals surface area (Å²) >= 11 is 0. The molecule has 1 aliphatic rings. The highest BCUT2D eigenvalue weighted by Gasteiger charge is 2.50. The molecule has 1 fully saturated rings. The number of pyridine rings is 2. The van der Waals surface area contributed by atoms with Crippen LogP contribution in [-0.2, 0) is 23.2 Å². The van der Waals surface area contributed by atoms with E-state index in [1.54, 1.807) is 40.2 Å². The number of para-hydroxylation sites is 2. The molecule has 1 amide bonds. The first-order valence-corrected chi connectivity index (χ1v) is 20.0. The van der Waals surface area contributed by atoms with E-state index in [0.29, 0.717) is 47.0 Å². The number of aromatic nitrogens is 4. The number of carbonyl (C=O) groups excluding carboxylic acids is 1. The summed E-state index contributed by atoms with van der Waals surface area (Å²) in [5.74, 6) is 0.159. The van der Waals surface area contributed by atoms with Crippen molar-refractivity contribution in [2.24, 2.45) is 0 Å². The number of piperazine rings is 1. The molecule has 0 radical (unpaired) electrons. The Hall–Kier alpha value is -6.56. The summed E-state index contributed by atoms with van der Waals surface area (Å²) in [6, 6.07) is 37.9. The van der Waals surface area contributed by atoms with Crippen LogP contribution in [0, 0.1) is 25.5 Å². The summed E-state index contributed by atoms with van der Waals surface area (Å²) in [7, 11) is 3.16. The van der Waals surface area contributed by atoms with Gasteiger partial charge >= 0.3 is 0 Å². The van der Waals surface area contributed by atoms with E-state index in [0.717, 1.165) is 62.5 Å². The molecule has 0 unspecified atom stereocenters. The number of benzene rings is 4. The molecule has 4 aromatic heterocycles. The van der Waals surface area contributed by atoms with Crippen LogP contribution in [0.4, 0.5) is 8.78 Å². The minimum absolute atomic E-state index is 0. The molecule has 12 heteroatoms. The fourth-order valence-electron chi connectivity index (χ4n) is 9.10. The zero-order valence-corrected chi connectivity index (χ0v) is 35.1. The average molecular weight is 839 g/mol. The molecule has 0 aliphatic carbocycles. The van der Waals surface area contributed by atoms with Gasteiger partial charge in [0.25, 0.3) is 0 Å². The van der Waals surface area contributed by atoms with E-state index in [-0.39, 0.29) is 43.4 Å². The second-order valence-electron chi connectivity index (χ2n) is 15.2. The molecule has 0 bridgehead atoms. The lowest BCUT2D eigenvalue weighted by Gasteiger charge is -2.47. The van der Waals surface area contributed by atoms with Crippen molar-refractivity contribution in [1.29, 1.82) is 0 Å². The standard InChI is InChI=1S/C49H44F2N6O3.ClH/c1-31-33(13-11-19-37(31)50)27-41-45(47-39(21-23-43(53-47)59-3)56(41)35-15-7-5-8-16-35)49(29-52-25-26-55(49)30-58)46-42(28-34-14-12-20-38(51)32(34)2)57(36-17-9-6-10-18-36)40-22-24-44(60-4)54-48(40)46;/h5-24,30,52H,25-29H2,1-4H3;1H. The highest BCUT2D eigenvalue weighted by Crippen LogP contribution is 2.50. The Kier molecular flexibility index (Phi) is 11.4. The summed E-state index contributed by atoms with van der Waals surface area (Å²) in [4.78, 5) is 26.3. The van der Waals surface area contributed by atoms with Gasteiger partial charge in [-0.15, -0.1) is 12.4 Å². The molecule has 9 rings (SSSR count). The van der Waals surface area contributed by atoms with Crippen molar-refractivity contribution >= 4 is 40.9 Å². The van der Waals surface area contributed by atoms with Gasteiger partial charge < -0.3 is 28.8 Å². The van der Waals surface area contributed by atoms with Gasteiger partial charge in [0.15, 0.2) is 0 Å². The molecule has 5 heterocycles. The zero-order chi connectivity index (χ0) is 41.5. The number of ether oxygens (including phenoxy) is 2. The molecule has 0 saturated carbocycles. The van der Waals surface area contributed by atoms with Gasteiger partial charge in [-0.1, -0.05) is 60.7 Å². The highest BCUT2D eigenvalue weighted by molar-refractivity contribution is 5.92. The average Bonchev–Trinajstić information content (AvgIpc) is 3.78. The molecule has 0 spiro atoms. The van der Waals surface area contributed by atoms with Crippen LogP contribution in [0.25, 0.3) is 33.4 Å². The monoisotopic (exact) mass is 838 g/mol. The molecule has 1 saturated heterocycles. The second-order valence-corrected chi connectivity index (χ2v) is 15.2. The van der Waals surface area contributed by atoms with Gasteiger partial charge in [-0.3, -0.25) is 4.79 Å². The van der Waals surface area contributed by atoms with E-state index >= 15 is 8.78 Å². The van der Waals surface area contributed by atoms with E-state index in [4.69, 9.17) is 19.4 Å². The van der Waals surface area contributed by atoms with Crippen LogP contribution < -0.4 is 14.8 Å². The van der Waals surface area contributed by atoms with E-state index in [1.165, 1.54) is 12.1 Å². The largest absolute Gasteiger partial charge is 0.481 e. The van der Waals surface area contributed by atoms with Crippen molar-refractivity contribution < 1.29 is 23.0 Å². The van der Waals surface area contributed by atoms with E-state index in [9.17, 15) is 4.79 Å². The zero-order valence-electron chi connectivity index (χ0n) is 34.3. The van der Waals surface area contributed by atoms with Gasteiger partial charge in [0.2, 0.25) is 18.2 Å². The van der Waals surface area contributed by atoms with Gasteiger partial charge in [-0.05, 0) is 84.6 Å². The van der Waals surface area contributed by atoms with Crippen molar-refractivity contribution in [2.45, 2.75) is 32.2 Å². The van der Waals surface area contributed by atoms with E-state index in [2.05, 4.69) is 14.5 Å². The summed E-state index contributed by atoms with van der Waals surface area (Å²) in [5.41, 5.74) is 8.85. The maximum Gasteiger partial charge on any atom is 0.213 e. The Labute approximate surface area is 359 Å². The van der Waals surface area contributed by atoms with Crippen molar-refractivity contribution in [3.63, 3.8) is 0 Å². The van der Waals surface area contributed by atoms with Crippen LogP contribution in [0.3, 0.4) is 0 Å². The fraction of sp³-hybridized carbons (Fsp3) is 0.204. The molecule has 9 nitrogen and oxygen atoms in total. The number of amides is 1. The fourth-order valence-corrected chi connectivity index (χ4v) is 9.10. The predicted octanol–water partition coefficient (Wildman–Crippen LogP) is 9.19. The van der Waals surface area contributed by atoms with Crippen molar-refractivity contribution in [3.8, 4) is 23.1 Å². The lowest BCUT2D eigenvalue weighted by Crippen LogP contribution is -2.59. The Balaban J connectivity index is 0.00000514. The first-order chi connectivity index (χ1) is 29.3. The first-order valence-electron chi connectivity index (χ1n) is 20.0.